The van der Waals surface area contributed by atoms with Gasteiger partial charge in [0.15, 0.2) is 0 Å². The van der Waals surface area contributed by atoms with Gasteiger partial charge in [-0.25, -0.2) is 9.78 Å². The van der Waals surface area contributed by atoms with Gasteiger partial charge in [-0.05, 0) is 34.7 Å². The Morgan fingerprint density at radius 3 is 2.62 bits per heavy atom. The predicted molar refractivity (Wildman–Crippen MR) is 80.7 cm³/mol. The number of nitrogens with zero attached hydrogens (tertiary/aromatic N) is 1. The zero-order valence-electron chi connectivity index (χ0n) is 12.5. The van der Waals surface area contributed by atoms with Gasteiger partial charge in [-0.15, -0.1) is 0 Å². The van der Waals surface area contributed by atoms with Crippen molar-refractivity contribution in [1.29, 1.82) is 0 Å². The number of carbonyl (C=O) groups is 1. The monoisotopic (exact) mass is 285 g/mol. The van der Waals surface area contributed by atoms with Gasteiger partial charge in [-0.3, -0.25) is 0 Å². The molecule has 1 aromatic heterocycles. The van der Waals surface area contributed by atoms with Crippen molar-refractivity contribution in [3.05, 3.63) is 59.4 Å². The summed E-state index contributed by atoms with van der Waals surface area (Å²) in [7, 11) is 0. The molecule has 0 radical (unpaired) electrons. The van der Waals surface area contributed by atoms with Gasteiger partial charge in [0.25, 0.3) is 0 Å². The van der Waals surface area contributed by atoms with Crippen LogP contribution in [0.2, 0.25) is 0 Å². The first kappa shape index (κ1) is 15.0. The third kappa shape index (κ3) is 3.81. The summed E-state index contributed by atoms with van der Waals surface area (Å²) in [6.07, 6.45) is 1.48. The van der Waals surface area contributed by atoms with Crippen LogP contribution in [0.3, 0.4) is 0 Å². The lowest BCUT2D eigenvalue weighted by molar-refractivity contribution is 0.0690. The zero-order valence-corrected chi connectivity index (χ0v) is 12.5. The summed E-state index contributed by atoms with van der Waals surface area (Å²) in [5, 5.41) is 8.94. The molecule has 1 heterocycles. The van der Waals surface area contributed by atoms with Crippen molar-refractivity contribution < 1.29 is 14.6 Å². The molecule has 0 saturated heterocycles. The molecule has 0 atom stereocenters. The number of benzene rings is 1. The van der Waals surface area contributed by atoms with E-state index in [9.17, 15) is 4.79 Å². The summed E-state index contributed by atoms with van der Waals surface area (Å²) >= 11 is 0. The normalized spacial score (nSPS) is 11.2. The molecule has 0 aliphatic carbocycles. The Kier molecular flexibility index (Phi) is 4.26. The fraction of sp³-hybridized carbons (Fsp3) is 0.294. The molecule has 2 aromatic rings. The van der Waals surface area contributed by atoms with Crippen LogP contribution in [0, 0.1) is 0 Å². The van der Waals surface area contributed by atoms with E-state index in [2.05, 4.69) is 25.8 Å². The highest BCUT2D eigenvalue weighted by Crippen LogP contribution is 2.31. The number of aromatic carboxylic acids is 1. The molecule has 4 nitrogen and oxygen atoms in total. The lowest BCUT2D eigenvalue weighted by atomic mass is 9.86. The van der Waals surface area contributed by atoms with E-state index in [4.69, 9.17) is 9.84 Å². The van der Waals surface area contributed by atoms with Crippen LogP contribution < -0.4 is 4.74 Å². The summed E-state index contributed by atoms with van der Waals surface area (Å²) in [6, 6.07) is 11.2. The topological polar surface area (TPSA) is 59.4 Å². The van der Waals surface area contributed by atoms with Gasteiger partial charge in [-0.1, -0.05) is 39.0 Å². The Morgan fingerprint density at radius 1 is 1.24 bits per heavy atom. The Hall–Kier alpha value is -2.36. The highest BCUT2D eigenvalue weighted by atomic mass is 16.5. The maximum absolute atomic E-state index is 10.9. The number of carboxylic acid groups (broad SMARTS) is 1. The van der Waals surface area contributed by atoms with Crippen LogP contribution in [0.4, 0.5) is 0 Å². The number of pyridine rings is 1. The predicted octanol–water partition coefficient (Wildman–Crippen LogP) is 3.66. The molecule has 21 heavy (non-hydrogen) atoms. The zero-order chi connectivity index (χ0) is 15.5. The van der Waals surface area contributed by atoms with Crippen LogP contribution >= 0.6 is 0 Å². The Labute approximate surface area is 124 Å². The Bertz CT molecular complexity index is 644. The summed E-state index contributed by atoms with van der Waals surface area (Å²) in [5.41, 5.74) is 1.92. The molecule has 0 aliphatic heterocycles. The molecule has 1 aromatic carbocycles. The van der Waals surface area contributed by atoms with Crippen LogP contribution in [0.15, 0.2) is 42.6 Å². The number of rotatable bonds is 4. The van der Waals surface area contributed by atoms with Gasteiger partial charge < -0.3 is 9.84 Å². The van der Waals surface area contributed by atoms with Crippen molar-refractivity contribution in [3.8, 4) is 5.75 Å². The minimum atomic E-state index is -1.04. The fourth-order valence-corrected chi connectivity index (χ4v) is 2.05. The van der Waals surface area contributed by atoms with Crippen LogP contribution in [-0.2, 0) is 12.0 Å². The number of ether oxygens (including phenoxy) is 1. The second-order valence-electron chi connectivity index (χ2n) is 5.89. The van der Waals surface area contributed by atoms with E-state index in [1.54, 1.807) is 6.07 Å². The molecule has 0 amide bonds. The molecule has 0 fully saturated rings. The number of aromatic nitrogens is 1. The maximum atomic E-state index is 10.9. The quantitative estimate of drug-likeness (QED) is 0.931. The molecule has 0 saturated carbocycles. The standard InChI is InChI=1S/C17H19NO3/c1-17(2,3)13-6-4-5-7-15(13)21-11-12-8-9-18-14(10-12)16(19)20/h4-10H,11H2,1-3H3,(H,19,20). The van der Waals surface area contributed by atoms with Gasteiger partial charge in [0.05, 0.1) is 0 Å². The molecular formula is C17H19NO3. The first-order chi connectivity index (χ1) is 9.88. The summed E-state index contributed by atoms with van der Waals surface area (Å²) in [4.78, 5) is 14.7. The lowest BCUT2D eigenvalue weighted by Gasteiger charge is -2.22. The van der Waals surface area contributed by atoms with E-state index < -0.39 is 5.97 Å². The summed E-state index contributed by atoms with van der Waals surface area (Å²) in [5.74, 6) is -0.217. The molecule has 110 valence electrons. The van der Waals surface area contributed by atoms with Crippen molar-refractivity contribution >= 4 is 5.97 Å². The second kappa shape index (κ2) is 5.95. The molecule has 2 rings (SSSR count). The van der Waals surface area contributed by atoms with E-state index >= 15 is 0 Å². The molecule has 4 heteroatoms. The highest BCUT2D eigenvalue weighted by molar-refractivity contribution is 5.85. The first-order valence-electron chi connectivity index (χ1n) is 6.78. The third-order valence-electron chi connectivity index (χ3n) is 3.13. The number of carboxylic acids is 1. The minimum Gasteiger partial charge on any atom is -0.489 e. The van der Waals surface area contributed by atoms with Crippen molar-refractivity contribution in [3.63, 3.8) is 0 Å². The van der Waals surface area contributed by atoms with Gasteiger partial charge in [0, 0.05) is 6.20 Å². The van der Waals surface area contributed by atoms with E-state index in [1.165, 1.54) is 12.3 Å². The van der Waals surface area contributed by atoms with E-state index in [0.29, 0.717) is 6.61 Å². The largest absolute Gasteiger partial charge is 0.489 e. The summed E-state index contributed by atoms with van der Waals surface area (Å²) in [6.45, 7) is 6.70. The SMILES string of the molecule is CC(C)(C)c1ccccc1OCc1ccnc(C(=O)O)c1. The van der Waals surface area contributed by atoms with Gasteiger partial charge >= 0.3 is 5.97 Å². The van der Waals surface area contributed by atoms with Crippen molar-refractivity contribution in [2.45, 2.75) is 32.8 Å². The molecular weight excluding hydrogens is 266 g/mol. The molecule has 0 unspecified atom stereocenters. The van der Waals surface area contributed by atoms with Gasteiger partial charge in [0.1, 0.15) is 18.1 Å². The lowest BCUT2D eigenvalue weighted by Crippen LogP contribution is -2.13. The fourth-order valence-electron chi connectivity index (χ4n) is 2.05. The molecule has 0 bridgehead atoms. The van der Waals surface area contributed by atoms with E-state index in [1.807, 2.05) is 24.3 Å². The Balaban J connectivity index is 2.17. The van der Waals surface area contributed by atoms with Crippen LogP contribution in [-0.4, -0.2) is 16.1 Å². The molecule has 0 spiro atoms. The van der Waals surface area contributed by atoms with Gasteiger partial charge in [0.2, 0.25) is 0 Å². The van der Waals surface area contributed by atoms with Crippen LogP contribution in [0.25, 0.3) is 0 Å². The molecule has 1 N–H and O–H groups in total. The van der Waals surface area contributed by atoms with Crippen molar-refractivity contribution in [2.75, 3.05) is 0 Å². The van der Waals surface area contributed by atoms with Gasteiger partial charge in [-0.2, -0.15) is 0 Å². The van der Waals surface area contributed by atoms with Crippen molar-refractivity contribution in [2.24, 2.45) is 0 Å². The number of para-hydroxylation sites is 1. The first-order valence-corrected chi connectivity index (χ1v) is 6.78. The van der Waals surface area contributed by atoms with E-state index in [0.717, 1.165) is 16.9 Å². The smallest absolute Gasteiger partial charge is 0.354 e. The van der Waals surface area contributed by atoms with Crippen molar-refractivity contribution in [1.82, 2.24) is 4.98 Å². The second-order valence-corrected chi connectivity index (χ2v) is 5.89. The number of hydrogen-bond donors (Lipinski definition) is 1. The maximum Gasteiger partial charge on any atom is 0.354 e. The molecule has 0 aliphatic rings. The Morgan fingerprint density at radius 2 is 1.95 bits per heavy atom. The average Bonchev–Trinajstić information content (AvgIpc) is 2.45. The minimum absolute atomic E-state index is 0.0128. The van der Waals surface area contributed by atoms with Crippen LogP contribution in [0.5, 0.6) is 5.75 Å². The third-order valence-corrected chi connectivity index (χ3v) is 3.13. The summed E-state index contributed by atoms with van der Waals surface area (Å²) < 4.78 is 5.86. The van der Waals surface area contributed by atoms with E-state index in [-0.39, 0.29) is 11.1 Å². The number of hydrogen-bond acceptors (Lipinski definition) is 3. The highest BCUT2D eigenvalue weighted by Gasteiger charge is 2.18. The average molecular weight is 285 g/mol. The van der Waals surface area contributed by atoms with Crippen LogP contribution in [0.1, 0.15) is 42.4 Å².